The van der Waals surface area contributed by atoms with E-state index in [2.05, 4.69) is 20.6 Å². The van der Waals surface area contributed by atoms with E-state index in [1.807, 2.05) is 0 Å². The molecule has 0 spiro atoms. The summed E-state index contributed by atoms with van der Waals surface area (Å²) in [5.74, 6) is -0.185. The smallest absolute Gasteiger partial charge is 0.350 e. The maximum absolute atomic E-state index is 11.2. The van der Waals surface area contributed by atoms with Crippen LogP contribution in [-0.4, -0.2) is 17.6 Å². The summed E-state index contributed by atoms with van der Waals surface area (Å²) in [5, 5.41) is 9.25. The molecular formula is C11H11ClN4O2. The number of anilines is 1. The van der Waals surface area contributed by atoms with Crippen LogP contribution >= 0.6 is 11.6 Å². The third-order valence-corrected chi connectivity index (χ3v) is 1.98. The molecule has 0 aliphatic heterocycles. The summed E-state index contributed by atoms with van der Waals surface area (Å²) in [6.45, 7) is 1.88. The van der Waals surface area contributed by atoms with Gasteiger partial charge in [-0.05, 0) is 19.1 Å². The van der Waals surface area contributed by atoms with Crippen LogP contribution in [0.3, 0.4) is 0 Å². The number of halogens is 1. The average Bonchev–Trinajstić information content (AvgIpc) is 2.37. The van der Waals surface area contributed by atoms with E-state index in [0.717, 1.165) is 0 Å². The van der Waals surface area contributed by atoms with Crippen LogP contribution in [0.25, 0.3) is 0 Å². The lowest BCUT2D eigenvalue weighted by Gasteiger charge is -2.05. The van der Waals surface area contributed by atoms with Gasteiger partial charge < -0.3 is 10.2 Å². The van der Waals surface area contributed by atoms with Crippen molar-refractivity contribution in [1.29, 1.82) is 5.26 Å². The zero-order valence-corrected chi connectivity index (χ0v) is 10.4. The van der Waals surface area contributed by atoms with Gasteiger partial charge in [-0.15, -0.1) is 0 Å². The van der Waals surface area contributed by atoms with Crippen LogP contribution in [0.4, 0.5) is 5.82 Å². The number of nitriles is 1. The predicted molar refractivity (Wildman–Crippen MR) is 66.3 cm³/mol. The van der Waals surface area contributed by atoms with Crippen molar-refractivity contribution in [1.82, 2.24) is 10.4 Å². The molecule has 1 rings (SSSR count). The summed E-state index contributed by atoms with van der Waals surface area (Å²) >= 11 is 5.67. The highest BCUT2D eigenvalue weighted by Gasteiger charge is 2.08. The van der Waals surface area contributed by atoms with Crippen LogP contribution in [0.5, 0.6) is 0 Å². The van der Waals surface area contributed by atoms with Gasteiger partial charge in [-0.3, -0.25) is 5.43 Å². The third kappa shape index (κ3) is 4.31. The Kier molecular flexibility index (Phi) is 5.48. The Morgan fingerprint density at radius 1 is 1.67 bits per heavy atom. The minimum absolute atomic E-state index is 0.140. The zero-order chi connectivity index (χ0) is 13.4. The summed E-state index contributed by atoms with van der Waals surface area (Å²) in [6.07, 6.45) is 2.67. The molecule has 0 aromatic carbocycles. The highest BCUT2D eigenvalue weighted by molar-refractivity contribution is 6.30. The van der Waals surface area contributed by atoms with Crippen LogP contribution in [0, 0.1) is 11.3 Å². The molecule has 2 N–H and O–H groups in total. The first kappa shape index (κ1) is 13.8. The number of aromatic nitrogens is 1. The lowest BCUT2D eigenvalue weighted by Crippen LogP contribution is -2.18. The molecule has 0 saturated heterocycles. The SMILES string of the molecule is CCOC(=O)/C(C#N)=C\NNc1ccc(Cl)cn1. The van der Waals surface area contributed by atoms with Gasteiger partial charge in [0.2, 0.25) is 0 Å². The topological polar surface area (TPSA) is 87.0 Å². The number of rotatable bonds is 5. The van der Waals surface area contributed by atoms with E-state index in [-0.39, 0.29) is 12.2 Å². The van der Waals surface area contributed by atoms with Crippen LogP contribution < -0.4 is 10.9 Å². The third-order valence-electron chi connectivity index (χ3n) is 1.76. The normalized spacial score (nSPS) is 10.4. The molecule has 0 aliphatic carbocycles. The van der Waals surface area contributed by atoms with Gasteiger partial charge in [0.25, 0.3) is 0 Å². The Hall–Kier alpha value is -2.26. The minimum atomic E-state index is -0.682. The molecule has 0 amide bonds. The van der Waals surface area contributed by atoms with Crippen molar-refractivity contribution in [2.45, 2.75) is 6.92 Å². The molecule has 1 heterocycles. The lowest BCUT2D eigenvalue weighted by atomic mass is 10.3. The van der Waals surface area contributed by atoms with Crippen LogP contribution in [0.2, 0.25) is 5.02 Å². The first-order valence-corrected chi connectivity index (χ1v) is 5.45. The molecule has 18 heavy (non-hydrogen) atoms. The van der Waals surface area contributed by atoms with Crippen molar-refractivity contribution in [3.05, 3.63) is 35.1 Å². The maximum atomic E-state index is 11.2. The second kappa shape index (κ2) is 7.14. The van der Waals surface area contributed by atoms with Gasteiger partial charge in [0, 0.05) is 12.4 Å². The van der Waals surface area contributed by atoms with E-state index in [1.54, 1.807) is 25.1 Å². The van der Waals surface area contributed by atoms with Crippen molar-refractivity contribution in [3.8, 4) is 6.07 Å². The van der Waals surface area contributed by atoms with Gasteiger partial charge in [-0.25, -0.2) is 9.78 Å². The maximum Gasteiger partial charge on any atom is 0.350 e. The van der Waals surface area contributed by atoms with Crippen molar-refractivity contribution in [3.63, 3.8) is 0 Å². The average molecular weight is 267 g/mol. The van der Waals surface area contributed by atoms with Crippen molar-refractivity contribution >= 4 is 23.4 Å². The highest BCUT2D eigenvalue weighted by Crippen LogP contribution is 2.08. The number of hydrazine groups is 1. The molecule has 0 saturated carbocycles. The molecule has 0 bridgehead atoms. The summed E-state index contributed by atoms with van der Waals surface area (Å²) in [6, 6.07) is 5.01. The van der Waals surface area contributed by atoms with E-state index in [9.17, 15) is 4.79 Å². The van der Waals surface area contributed by atoms with Gasteiger partial charge in [0.1, 0.15) is 11.9 Å². The number of hydrogen-bond donors (Lipinski definition) is 2. The van der Waals surface area contributed by atoms with E-state index in [1.165, 1.54) is 12.4 Å². The first-order valence-electron chi connectivity index (χ1n) is 5.08. The number of esters is 1. The van der Waals surface area contributed by atoms with Crippen molar-refractivity contribution in [2.75, 3.05) is 12.0 Å². The fraction of sp³-hybridized carbons (Fsp3) is 0.182. The number of carbonyl (C=O) groups is 1. The minimum Gasteiger partial charge on any atom is -0.462 e. The molecule has 7 heteroatoms. The standard InChI is InChI=1S/C11H11ClN4O2/c1-2-18-11(17)8(5-13)6-15-16-10-4-3-9(12)7-14-10/h3-4,6-7,15H,2H2,1H3,(H,14,16)/b8-6-. The molecule has 0 atom stereocenters. The Labute approximate surface area is 109 Å². The largest absolute Gasteiger partial charge is 0.462 e. The summed E-state index contributed by atoms with van der Waals surface area (Å²) in [5.41, 5.74) is 5.11. The fourth-order valence-corrected chi connectivity index (χ4v) is 1.09. The molecule has 0 fully saturated rings. The first-order chi connectivity index (χ1) is 8.67. The Balaban J connectivity index is 2.55. The van der Waals surface area contributed by atoms with E-state index in [4.69, 9.17) is 16.9 Å². The Morgan fingerprint density at radius 2 is 2.44 bits per heavy atom. The Morgan fingerprint density at radius 3 is 3.00 bits per heavy atom. The number of ether oxygens (including phenoxy) is 1. The van der Waals surface area contributed by atoms with Gasteiger partial charge in [0.15, 0.2) is 5.57 Å². The predicted octanol–water partition coefficient (Wildman–Crippen LogP) is 1.62. The summed E-state index contributed by atoms with van der Waals surface area (Å²) in [7, 11) is 0. The molecule has 0 radical (unpaired) electrons. The van der Waals surface area contributed by atoms with E-state index >= 15 is 0 Å². The number of pyridine rings is 1. The zero-order valence-electron chi connectivity index (χ0n) is 9.61. The molecule has 6 nitrogen and oxygen atoms in total. The molecule has 0 unspecified atom stereocenters. The quantitative estimate of drug-likeness (QED) is 0.364. The second-order valence-corrected chi connectivity index (χ2v) is 3.46. The van der Waals surface area contributed by atoms with Gasteiger partial charge in [-0.2, -0.15) is 5.26 Å². The summed E-state index contributed by atoms with van der Waals surface area (Å²) in [4.78, 5) is 15.2. The van der Waals surface area contributed by atoms with Gasteiger partial charge in [-0.1, -0.05) is 11.6 Å². The van der Waals surface area contributed by atoms with Crippen molar-refractivity contribution in [2.24, 2.45) is 0 Å². The van der Waals surface area contributed by atoms with Crippen LogP contribution in [0.15, 0.2) is 30.1 Å². The second-order valence-electron chi connectivity index (χ2n) is 3.02. The van der Waals surface area contributed by atoms with E-state index in [0.29, 0.717) is 10.8 Å². The monoisotopic (exact) mass is 266 g/mol. The number of nitrogens with one attached hydrogen (secondary N) is 2. The number of nitrogens with zero attached hydrogens (tertiary/aromatic N) is 2. The molecule has 0 aliphatic rings. The number of carbonyl (C=O) groups excluding carboxylic acids is 1. The molecule has 1 aromatic heterocycles. The fourth-order valence-electron chi connectivity index (χ4n) is 0.978. The molecule has 94 valence electrons. The summed E-state index contributed by atoms with van der Waals surface area (Å²) < 4.78 is 4.68. The molecule has 1 aromatic rings. The Bertz CT molecular complexity index is 479. The number of hydrogen-bond acceptors (Lipinski definition) is 6. The van der Waals surface area contributed by atoms with E-state index < -0.39 is 5.97 Å². The van der Waals surface area contributed by atoms with Crippen molar-refractivity contribution < 1.29 is 9.53 Å². The van der Waals surface area contributed by atoms with Gasteiger partial charge in [0.05, 0.1) is 11.6 Å². The highest BCUT2D eigenvalue weighted by atomic mass is 35.5. The molecular weight excluding hydrogens is 256 g/mol. The van der Waals surface area contributed by atoms with Crippen LogP contribution in [-0.2, 0) is 9.53 Å². The lowest BCUT2D eigenvalue weighted by molar-refractivity contribution is -0.138. The van der Waals surface area contributed by atoms with Crippen LogP contribution in [0.1, 0.15) is 6.92 Å². The van der Waals surface area contributed by atoms with Gasteiger partial charge >= 0.3 is 5.97 Å².